The van der Waals surface area contributed by atoms with Crippen molar-refractivity contribution in [2.45, 2.75) is 45.2 Å². The lowest BCUT2D eigenvalue weighted by molar-refractivity contribution is 0.0730. The van der Waals surface area contributed by atoms with Gasteiger partial charge in [-0.3, -0.25) is 9.78 Å². The number of aromatic nitrogens is 1. The molecule has 2 aromatic rings. The van der Waals surface area contributed by atoms with Crippen molar-refractivity contribution in [3.8, 4) is 5.75 Å². The van der Waals surface area contributed by atoms with Crippen LogP contribution < -0.4 is 4.74 Å². The predicted octanol–water partition coefficient (Wildman–Crippen LogP) is 4.07. The fraction of sp³-hybridized carbons (Fsp3) is 0.400. The zero-order valence-electron chi connectivity index (χ0n) is 14.1. The highest BCUT2D eigenvalue weighted by Gasteiger charge is 2.33. The Morgan fingerprint density at radius 1 is 1.17 bits per heavy atom. The van der Waals surface area contributed by atoms with E-state index in [0.717, 1.165) is 49.2 Å². The molecule has 1 fully saturated rings. The standard InChI is InChI=1S/C20H24N2O2/c1-2-3-14-24-19-8-4-17(5-9-19)20(23)22(18-6-7-18)15-16-10-12-21-13-11-16/h4-5,8-13,18H,2-3,6-7,14-15H2,1H3. The van der Waals surface area contributed by atoms with Crippen LogP contribution in [-0.4, -0.2) is 28.4 Å². The van der Waals surface area contributed by atoms with E-state index in [2.05, 4.69) is 11.9 Å². The molecule has 1 aliphatic carbocycles. The Balaban J connectivity index is 1.66. The van der Waals surface area contributed by atoms with E-state index in [1.807, 2.05) is 41.3 Å². The van der Waals surface area contributed by atoms with E-state index in [9.17, 15) is 4.79 Å². The van der Waals surface area contributed by atoms with Crippen LogP contribution in [0.4, 0.5) is 0 Å². The Morgan fingerprint density at radius 3 is 2.50 bits per heavy atom. The molecule has 0 spiro atoms. The molecular weight excluding hydrogens is 300 g/mol. The van der Waals surface area contributed by atoms with Gasteiger partial charge in [-0.2, -0.15) is 0 Å². The maximum Gasteiger partial charge on any atom is 0.254 e. The molecule has 1 aromatic heterocycles. The molecule has 0 radical (unpaired) electrons. The van der Waals surface area contributed by atoms with E-state index >= 15 is 0 Å². The summed E-state index contributed by atoms with van der Waals surface area (Å²) in [6, 6.07) is 11.8. The van der Waals surface area contributed by atoms with Crippen LogP contribution in [0.3, 0.4) is 0 Å². The maximum atomic E-state index is 12.9. The highest BCUT2D eigenvalue weighted by molar-refractivity contribution is 5.94. The van der Waals surface area contributed by atoms with Gasteiger partial charge < -0.3 is 9.64 Å². The fourth-order valence-electron chi connectivity index (χ4n) is 2.63. The minimum atomic E-state index is 0.0921. The number of unbranched alkanes of at least 4 members (excludes halogenated alkanes) is 1. The molecule has 1 heterocycles. The molecule has 0 N–H and O–H groups in total. The van der Waals surface area contributed by atoms with Crippen LogP contribution in [0.1, 0.15) is 48.5 Å². The van der Waals surface area contributed by atoms with E-state index in [4.69, 9.17) is 4.74 Å². The summed E-state index contributed by atoms with van der Waals surface area (Å²) in [5, 5.41) is 0. The van der Waals surface area contributed by atoms with Crippen LogP contribution in [0.5, 0.6) is 5.75 Å². The molecule has 0 atom stereocenters. The first kappa shape index (κ1) is 16.5. The first-order valence-corrected chi connectivity index (χ1v) is 8.70. The number of pyridine rings is 1. The van der Waals surface area contributed by atoms with Gasteiger partial charge in [0.15, 0.2) is 0 Å². The average Bonchev–Trinajstić information content (AvgIpc) is 3.46. The third-order valence-electron chi connectivity index (χ3n) is 4.22. The molecule has 4 nitrogen and oxygen atoms in total. The van der Waals surface area contributed by atoms with Crippen molar-refractivity contribution in [1.29, 1.82) is 0 Å². The van der Waals surface area contributed by atoms with Crippen molar-refractivity contribution in [2.24, 2.45) is 0 Å². The molecule has 1 aromatic carbocycles. The molecule has 0 saturated heterocycles. The van der Waals surface area contributed by atoms with Crippen LogP contribution in [0, 0.1) is 0 Å². The Morgan fingerprint density at radius 2 is 1.88 bits per heavy atom. The topological polar surface area (TPSA) is 42.4 Å². The van der Waals surface area contributed by atoms with Gasteiger partial charge in [-0.25, -0.2) is 0 Å². The summed E-state index contributed by atoms with van der Waals surface area (Å²) in [5.41, 5.74) is 1.84. The van der Waals surface area contributed by atoms with Gasteiger partial charge in [0.2, 0.25) is 0 Å². The number of hydrogen-bond acceptors (Lipinski definition) is 3. The van der Waals surface area contributed by atoms with Crippen molar-refractivity contribution in [3.63, 3.8) is 0 Å². The molecule has 1 amide bonds. The van der Waals surface area contributed by atoms with E-state index in [-0.39, 0.29) is 5.91 Å². The van der Waals surface area contributed by atoms with Gasteiger partial charge in [-0.05, 0) is 61.2 Å². The predicted molar refractivity (Wildman–Crippen MR) is 94.0 cm³/mol. The summed E-state index contributed by atoms with van der Waals surface area (Å²) in [4.78, 5) is 18.9. The lowest BCUT2D eigenvalue weighted by atomic mass is 10.1. The van der Waals surface area contributed by atoms with E-state index in [1.54, 1.807) is 12.4 Å². The van der Waals surface area contributed by atoms with Crippen molar-refractivity contribution in [1.82, 2.24) is 9.88 Å². The number of benzene rings is 1. The molecular formula is C20H24N2O2. The van der Waals surface area contributed by atoms with E-state index in [0.29, 0.717) is 12.6 Å². The Hall–Kier alpha value is -2.36. The quantitative estimate of drug-likeness (QED) is 0.688. The normalized spacial score (nSPS) is 13.5. The van der Waals surface area contributed by atoms with Crippen LogP contribution in [-0.2, 0) is 6.54 Å². The number of carbonyl (C=O) groups is 1. The van der Waals surface area contributed by atoms with Crippen LogP contribution in [0.2, 0.25) is 0 Å². The van der Waals surface area contributed by atoms with Crippen molar-refractivity contribution in [3.05, 3.63) is 59.9 Å². The largest absolute Gasteiger partial charge is 0.494 e. The molecule has 126 valence electrons. The van der Waals surface area contributed by atoms with Crippen molar-refractivity contribution < 1.29 is 9.53 Å². The Bertz CT molecular complexity index is 651. The molecule has 1 saturated carbocycles. The first-order chi connectivity index (χ1) is 11.8. The lowest BCUT2D eigenvalue weighted by Gasteiger charge is -2.22. The summed E-state index contributed by atoms with van der Waals surface area (Å²) in [7, 11) is 0. The molecule has 3 rings (SSSR count). The van der Waals surface area contributed by atoms with Gasteiger partial charge in [0.25, 0.3) is 5.91 Å². The number of nitrogens with zero attached hydrogens (tertiary/aromatic N) is 2. The summed E-state index contributed by atoms with van der Waals surface area (Å²) in [6.07, 6.45) is 7.88. The van der Waals surface area contributed by atoms with Crippen molar-refractivity contribution in [2.75, 3.05) is 6.61 Å². The Kier molecular flexibility index (Phi) is 5.47. The SMILES string of the molecule is CCCCOc1ccc(C(=O)N(Cc2ccncc2)C2CC2)cc1. The molecule has 0 aliphatic heterocycles. The highest BCUT2D eigenvalue weighted by Crippen LogP contribution is 2.30. The molecule has 24 heavy (non-hydrogen) atoms. The minimum absolute atomic E-state index is 0.0921. The first-order valence-electron chi connectivity index (χ1n) is 8.70. The average molecular weight is 324 g/mol. The van der Waals surface area contributed by atoms with Gasteiger partial charge in [0, 0.05) is 30.5 Å². The van der Waals surface area contributed by atoms with Crippen LogP contribution in [0.15, 0.2) is 48.8 Å². The summed E-state index contributed by atoms with van der Waals surface area (Å²) in [5.74, 6) is 0.918. The summed E-state index contributed by atoms with van der Waals surface area (Å²) in [6.45, 7) is 3.50. The van der Waals surface area contributed by atoms with Crippen molar-refractivity contribution >= 4 is 5.91 Å². The number of carbonyl (C=O) groups excluding carboxylic acids is 1. The van der Waals surface area contributed by atoms with E-state index < -0.39 is 0 Å². The van der Waals surface area contributed by atoms with Gasteiger partial charge in [0.1, 0.15) is 5.75 Å². The maximum absolute atomic E-state index is 12.9. The molecule has 1 aliphatic rings. The molecule has 4 heteroatoms. The van der Waals surface area contributed by atoms with Gasteiger partial charge in [-0.15, -0.1) is 0 Å². The number of ether oxygens (including phenoxy) is 1. The number of rotatable bonds is 8. The van der Waals surface area contributed by atoms with E-state index in [1.165, 1.54) is 0 Å². The second-order valence-corrected chi connectivity index (χ2v) is 6.25. The second kappa shape index (κ2) is 7.95. The second-order valence-electron chi connectivity index (χ2n) is 6.25. The number of amides is 1. The molecule has 0 unspecified atom stereocenters. The smallest absolute Gasteiger partial charge is 0.254 e. The van der Waals surface area contributed by atoms with Gasteiger partial charge >= 0.3 is 0 Å². The minimum Gasteiger partial charge on any atom is -0.494 e. The summed E-state index contributed by atoms with van der Waals surface area (Å²) < 4.78 is 5.67. The highest BCUT2D eigenvalue weighted by atomic mass is 16.5. The zero-order chi connectivity index (χ0) is 16.8. The van der Waals surface area contributed by atoms with Crippen LogP contribution >= 0.6 is 0 Å². The third-order valence-corrected chi connectivity index (χ3v) is 4.22. The summed E-state index contributed by atoms with van der Waals surface area (Å²) >= 11 is 0. The monoisotopic (exact) mass is 324 g/mol. The molecule has 0 bridgehead atoms. The van der Waals surface area contributed by atoms with Gasteiger partial charge in [-0.1, -0.05) is 13.3 Å². The zero-order valence-corrected chi connectivity index (χ0v) is 14.1. The lowest BCUT2D eigenvalue weighted by Crippen LogP contribution is -2.32. The van der Waals surface area contributed by atoms with Gasteiger partial charge in [0.05, 0.1) is 6.61 Å². The van der Waals surface area contributed by atoms with Crippen LogP contribution in [0.25, 0.3) is 0 Å². The fourth-order valence-corrected chi connectivity index (χ4v) is 2.63. The number of hydrogen-bond donors (Lipinski definition) is 0. The Labute approximate surface area is 143 Å². The third kappa shape index (κ3) is 4.34.